The number of rotatable bonds is 0. The van der Waals surface area contributed by atoms with E-state index in [-0.39, 0.29) is 0 Å². The van der Waals surface area contributed by atoms with Gasteiger partial charge >= 0.3 is 0 Å². The van der Waals surface area contributed by atoms with E-state index in [2.05, 4.69) is 15.9 Å². The van der Waals surface area contributed by atoms with Crippen LogP contribution in [0.25, 0.3) is 0 Å². The number of aliphatic hydroxyl groups is 1. The average Bonchev–Trinajstić information content (AvgIpc) is 2.06. The summed E-state index contributed by atoms with van der Waals surface area (Å²) in [7, 11) is 0. The van der Waals surface area contributed by atoms with Crippen LogP contribution in [0, 0.1) is 0 Å². The van der Waals surface area contributed by atoms with E-state index in [9.17, 15) is 5.11 Å². The summed E-state index contributed by atoms with van der Waals surface area (Å²) in [5, 5.41) is 10.1. The van der Waals surface area contributed by atoms with E-state index in [0.29, 0.717) is 13.0 Å². The lowest BCUT2D eigenvalue weighted by Crippen LogP contribution is -2.29. The normalized spacial score (nSPS) is 26.4. The van der Waals surface area contributed by atoms with E-state index in [1.165, 1.54) is 0 Å². The molecule has 1 aliphatic rings. The largest absolute Gasteiger partial charge is 0.493 e. The first-order valence-corrected chi connectivity index (χ1v) is 5.04. The lowest BCUT2D eigenvalue weighted by molar-refractivity contribution is 0.0146. The van der Waals surface area contributed by atoms with E-state index in [1.54, 1.807) is 0 Å². The van der Waals surface area contributed by atoms with Gasteiger partial charge in [0.2, 0.25) is 0 Å². The predicted molar refractivity (Wildman–Crippen MR) is 53.8 cm³/mol. The third kappa shape index (κ3) is 1.58. The highest BCUT2D eigenvalue weighted by atomic mass is 79.9. The van der Waals surface area contributed by atoms with Crippen molar-refractivity contribution in [2.75, 3.05) is 6.61 Å². The summed E-state index contributed by atoms with van der Waals surface area (Å²) in [6.45, 7) is 2.41. The first-order valence-electron chi connectivity index (χ1n) is 4.25. The maximum Gasteiger partial charge on any atom is 0.125 e. The van der Waals surface area contributed by atoms with Crippen LogP contribution in [0.4, 0.5) is 0 Å². The zero-order chi connectivity index (χ0) is 9.47. The van der Waals surface area contributed by atoms with Gasteiger partial charge in [0.05, 0.1) is 12.2 Å². The molecular formula is C10H11BrO2. The van der Waals surface area contributed by atoms with Gasteiger partial charge in [0, 0.05) is 16.5 Å². The van der Waals surface area contributed by atoms with Crippen molar-refractivity contribution in [3.63, 3.8) is 0 Å². The first kappa shape index (κ1) is 9.03. The molecule has 1 aromatic carbocycles. The number of ether oxygens (including phenoxy) is 1. The Balaban J connectivity index is 2.55. The number of fused-ring (bicyclic) bond motifs is 1. The lowest BCUT2D eigenvalue weighted by atomic mass is 9.90. The molecule has 70 valence electrons. The molecule has 0 amide bonds. The predicted octanol–water partition coefficient (Wildman–Crippen LogP) is 2.44. The second kappa shape index (κ2) is 3.00. The van der Waals surface area contributed by atoms with Crippen molar-refractivity contribution in [2.24, 2.45) is 0 Å². The Bertz CT molecular complexity index is 334. The zero-order valence-electron chi connectivity index (χ0n) is 7.38. The second-order valence-corrected chi connectivity index (χ2v) is 4.43. The van der Waals surface area contributed by atoms with Crippen LogP contribution in [0.15, 0.2) is 22.7 Å². The Kier molecular flexibility index (Phi) is 2.08. The molecular weight excluding hydrogens is 232 g/mol. The monoisotopic (exact) mass is 242 g/mol. The van der Waals surface area contributed by atoms with Crippen molar-refractivity contribution >= 4 is 15.9 Å². The Morgan fingerprint density at radius 3 is 3.08 bits per heavy atom. The van der Waals surface area contributed by atoms with Crippen molar-refractivity contribution in [1.29, 1.82) is 0 Å². The number of halogens is 1. The molecule has 0 unspecified atom stereocenters. The van der Waals surface area contributed by atoms with Gasteiger partial charge in [-0.3, -0.25) is 0 Å². The van der Waals surface area contributed by atoms with Crippen LogP contribution in [0.2, 0.25) is 0 Å². The Morgan fingerprint density at radius 1 is 1.54 bits per heavy atom. The summed E-state index contributed by atoms with van der Waals surface area (Å²) < 4.78 is 6.40. The molecule has 3 heteroatoms. The van der Waals surface area contributed by atoms with E-state index in [0.717, 1.165) is 15.8 Å². The summed E-state index contributed by atoms with van der Waals surface area (Å²) in [5.41, 5.74) is 0.116. The van der Waals surface area contributed by atoms with Crippen LogP contribution < -0.4 is 4.74 Å². The molecule has 1 heterocycles. The number of hydrogen-bond donors (Lipinski definition) is 1. The fraction of sp³-hybridized carbons (Fsp3) is 0.400. The minimum Gasteiger partial charge on any atom is -0.493 e. The maximum atomic E-state index is 10.1. The molecule has 2 rings (SSSR count). The van der Waals surface area contributed by atoms with E-state index in [1.807, 2.05) is 25.1 Å². The topological polar surface area (TPSA) is 29.5 Å². The van der Waals surface area contributed by atoms with Gasteiger partial charge in [-0.05, 0) is 25.1 Å². The SMILES string of the molecule is C[C@]1(O)CCOc2ccc(Br)cc21. The van der Waals surface area contributed by atoms with Crippen molar-refractivity contribution < 1.29 is 9.84 Å². The zero-order valence-corrected chi connectivity index (χ0v) is 8.97. The summed E-state index contributed by atoms with van der Waals surface area (Å²) >= 11 is 3.38. The molecule has 0 spiro atoms. The fourth-order valence-electron chi connectivity index (χ4n) is 1.54. The van der Waals surface area contributed by atoms with Gasteiger partial charge in [0.15, 0.2) is 0 Å². The van der Waals surface area contributed by atoms with Crippen LogP contribution in [-0.4, -0.2) is 11.7 Å². The minimum atomic E-state index is -0.753. The molecule has 0 saturated carbocycles. The molecule has 0 radical (unpaired) electrons. The summed E-state index contributed by atoms with van der Waals surface area (Å²) in [4.78, 5) is 0. The molecule has 1 aliphatic heterocycles. The molecule has 0 bridgehead atoms. The van der Waals surface area contributed by atoms with Crippen molar-refractivity contribution in [3.8, 4) is 5.75 Å². The van der Waals surface area contributed by atoms with E-state index in [4.69, 9.17) is 4.74 Å². The van der Waals surface area contributed by atoms with Gasteiger partial charge in [-0.15, -0.1) is 0 Å². The van der Waals surface area contributed by atoms with Gasteiger partial charge in [0.1, 0.15) is 5.75 Å². The molecule has 1 atom stereocenters. The van der Waals surface area contributed by atoms with Crippen LogP contribution >= 0.6 is 15.9 Å². The number of hydrogen-bond acceptors (Lipinski definition) is 2. The first-order chi connectivity index (χ1) is 6.09. The minimum absolute atomic E-state index is 0.585. The van der Waals surface area contributed by atoms with Gasteiger partial charge in [-0.2, -0.15) is 0 Å². The number of benzene rings is 1. The summed E-state index contributed by atoms with van der Waals surface area (Å²) in [6, 6.07) is 5.71. The van der Waals surface area contributed by atoms with Crippen molar-refractivity contribution in [2.45, 2.75) is 18.9 Å². The average molecular weight is 243 g/mol. The van der Waals surface area contributed by atoms with Gasteiger partial charge in [-0.25, -0.2) is 0 Å². The van der Waals surface area contributed by atoms with Crippen LogP contribution in [-0.2, 0) is 5.60 Å². The van der Waals surface area contributed by atoms with Crippen molar-refractivity contribution in [1.82, 2.24) is 0 Å². The molecule has 1 aromatic rings. The molecule has 0 saturated heterocycles. The highest BCUT2D eigenvalue weighted by Gasteiger charge is 2.30. The molecule has 0 aromatic heterocycles. The van der Waals surface area contributed by atoms with Crippen molar-refractivity contribution in [3.05, 3.63) is 28.2 Å². The molecule has 1 N–H and O–H groups in total. The highest BCUT2D eigenvalue weighted by Crippen LogP contribution is 2.37. The van der Waals surface area contributed by atoms with Crippen LogP contribution in [0.3, 0.4) is 0 Å². The van der Waals surface area contributed by atoms with Crippen LogP contribution in [0.5, 0.6) is 5.75 Å². The molecule has 2 nitrogen and oxygen atoms in total. The quantitative estimate of drug-likeness (QED) is 0.758. The Labute approximate surface area is 85.7 Å². The van der Waals surface area contributed by atoms with Gasteiger partial charge in [0.25, 0.3) is 0 Å². The van der Waals surface area contributed by atoms with E-state index < -0.39 is 5.60 Å². The standard InChI is InChI=1S/C10H11BrO2/c1-10(12)4-5-13-9-3-2-7(11)6-8(9)10/h2-3,6,12H,4-5H2,1H3/t10-/m0/s1. The summed E-state index contributed by atoms with van der Waals surface area (Å²) in [5.74, 6) is 0.791. The molecule has 0 fully saturated rings. The second-order valence-electron chi connectivity index (χ2n) is 3.51. The van der Waals surface area contributed by atoms with Crippen LogP contribution in [0.1, 0.15) is 18.9 Å². The molecule has 13 heavy (non-hydrogen) atoms. The Hall–Kier alpha value is -0.540. The Morgan fingerprint density at radius 2 is 2.31 bits per heavy atom. The van der Waals surface area contributed by atoms with Gasteiger partial charge < -0.3 is 9.84 Å². The maximum absolute atomic E-state index is 10.1. The molecule has 0 aliphatic carbocycles. The van der Waals surface area contributed by atoms with Gasteiger partial charge in [-0.1, -0.05) is 15.9 Å². The lowest BCUT2D eigenvalue weighted by Gasteiger charge is -2.31. The third-order valence-corrected chi connectivity index (χ3v) is 2.86. The highest BCUT2D eigenvalue weighted by molar-refractivity contribution is 9.10. The fourth-order valence-corrected chi connectivity index (χ4v) is 1.90. The summed E-state index contributed by atoms with van der Waals surface area (Å²) in [6.07, 6.45) is 0.649. The van der Waals surface area contributed by atoms with E-state index >= 15 is 0 Å². The smallest absolute Gasteiger partial charge is 0.125 e. The third-order valence-electron chi connectivity index (χ3n) is 2.37.